The summed E-state index contributed by atoms with van der Waals surface area (Å²) in [5, 5.41) is 13.1. The molecule has 4 aromatic rings. The van der Waals surface area contributed by atoms with Crippen LogP contribution in [0.2, 0.25) is 0 Å². The maximum atomic E-state index is 6.50. The van der Waals surface area contributed by atoms with Crippen LogP contribution in [0.5, 0.6) is 11.6 Å². The van der Waals surface area contributed by atoms with Crippen LogP contribution < -0.4 is 14.8 Å². The molecule has 5 rings (SSSR count). The Balaban J connectivity index is 1.48. The third kappa shape index (κ3) is 5.82. The molecule has 0 aliphatic carbocycles. The average molecular weight is 564 g/mol. The molecule has 6 nitrogen and oxygen atoms in total. The van der Waals surface area contributed by atoms with E-state index in [4.69, 9.17) is 14.5 Å². The standard InChI is InChI=1S/C28H27BrN4O2S/c1-2-3-9-16-36-28-31-27-25(32-33-28)21-12-7-8-13-23(21)30-26(35-27)22-17-20(29)14-15-24(22)34-18-19-10-5-4-6-11-19/h4-8,10-15,17,26,30H,2-3,9,16,18H2,1H3/t26-/m0/s1. The molecule has 1 aliphatic heterocycles. The van der Waals surface area contributed by atoms with Gasteiger partial charge in [0.25, 0.3) is 0 Å². The molecule has 0 spiro atoms. The van der Waals surface area contributed by atoms with E-state index in [0.29, 0.717) is 23.3 Å². The van der Waals surface area contributed by atoms with Crippen molar-refractivity contribution in [3.63, 3.8) is 0 Å². The lowest BCUT2D eigenvalue weighted by atomic mass is 10.1. The zero-order chi connectivity index (χ0) is 24.7. The first-order valence-corrected chi connectivity index (χ1v) is 13.9. The van der Waals surface area contributed by atoms with Gasteiger partial charge in [0.15, 0.2) is 5.69 Å². The van der Waals surface area contributed by atoms with Gasteiger partial charge in [-0.25, -0.2) is 0 Å². The molecule has 8 heteroatoms. The molecule has 1 N–H and O–H groups in total. The van der Waals surface area contributed by atoms with Crippen LogP contribution in [-0.2, 0) is 6.61 Å². The van der Waals surface area contributed by atoms with Gasteiger partial charge in [0.1, 0.15) is 12.4 Å². The van der Waals surface area contributed by atoms with Crippen LogP contribution in [0, 0.1) is 0 Å². The minimum atomic E-state index is -0.537. The molecule has 0 amide bonds. The molecule has 1 aliphatic rings. The van der Waals surface area contributed by atoms with Crippen LogP contribution in [0.15, 0.2) is 82.4 Å². The van der Waals surface area contributed by atoms with Crippen molar-refractivity contribution in [1.29, 1.82) is 0 Å². The number of rotatable bonds is 9. The van der Waals surface area contributed by atoms with Crippen molar-refractivity contribution in [3.05, 3.63) is 88.4 Å². The van der Waals surface area contributed by atoms with E-state index < -0.39 is 6.23 Å². The van der Waals surface area contributed by atoms with Crippen molar-refractivity contribution in [2.24, 2.45) is 0 Å². The summed E-state index contributed by atoms with van der Waals surface area (Å²) < 4.78 is 13.7. The zero-order valence-corrected chi connectivity index (χ0v) is 22.4. The van der Waals surface area contributed by atoms with E-state index in [1.165, 1.54) is 12.8 Å². The Hall–Kier alpha value is -3.10. The van der Waals surface area contributed by atoms with Crippen molar-refractivity contribution in [2.75, 3.05) is 11.1 Å². The molecule has 184 valence electrons. The van der Waals surface area contributed by atoms with Crippen molar-refractivity contribution in [3.8, 4) is 22.9 Å². The van der Waals surface area contributed by atoms with E-state index in [-0.39, 0.29) is 0 Å². The van der Waals surface area contributed by atoms with Gasteiger partial charge < -0.3 is 14.8 Å². The molecule has 2 heterocycles. The molecular formula is C28H27BrN4O2S. The Morgan fingerprint density at radius 3 is 2.69 bits per heavy atom. The lowest BCUT2D eigenvalue weighted by Gasteiger charge is -2.22. The van der Waals surface area contributed by atoms with Gasteiger partial charge in [0, 0.05) is 21.5 Å². The number of thioether (sulfide) groups is 1. The average Bonchev–Trinajstić information content (AvgIpc) is 3.07. The fourth-order valence-corrected chi connectivity index (χ4v) is 5.11. The lowest BCUT2D eigenvalue weighted by molar-refractivity contribution is 0.214. The molecule has 36 heavy (non-hydrogen) atoms. The molecule has 0 bridgehead atoms. The normalized spacial score (nSPS) is 14.1. The van der Waals surface area contributed by atoms with E-state index in [1.807, 2.05) is 72.8 Å². The number of anilines is 1. The number of hydrogen-bond donors (Lipinski definition) is 1. The minimum Gasteiger partial charge on any atom is -0.488 e. The van der Waals surface area contributed by atoms with Crippen LogP contribution in [0.25, 0.3) is 11.3 Å². The molecule has 0 radical (unpaired) electrons. The van der Waals surface area contributed by atoms with Gasteiger partial charge in [-0.15, -0.1) is 10.2 Å². The van der Waals surface area contributed by atoms with Gasteiger partial charge in [0.05, 0.1) is 5.56 Å². The Morgan fingerprint density at radius 1 is 1.00 bits per heavy atom. The second kappa shape index (κ2) is 11.8. The summed E-state index contributed by atoms with van der Waals surface area (Å²) in [6.45, 7) is 2.65. The van der Waals surface area contributed by atoms with E-state index in [1.54, 1.807) is 11.8 Å². The molecular weight excluding hydrogens is 536 g/mol. The summed E-state index contributed by atoms with van der Waals surface area (Å²) in [4.78, 5) is 4.77. The quantitative estimate of drug-likeness (QED) is 0.166. The Kier molecular flexibility index (Phi) is 8.03. The van der Waals surface area contributed by atoms with Crippen LogP contribution in [-0.4, -0.2) is 20.9 Å². The smallest absolute Gasteiger partial charge is 0.247 e. The SMILES string of the molecule is CCCCCSc1nnc2c(n1)O[C@@H](c1cc(Br)ccc1OCc1ccccc1)Nc1ccccc1-2. The second-order valence-electron chi connectivity index (χ2n) is 8.45. The van der Waals surface area contributed by atoms with E-state index in [9.17, 15) is 0 Å². The first kappa shape index (κ1) is 24.6. The largest absolute Gasteiger partial charge is 0.488 e. The monoisotopic (exact) mass is 562 g/mol. The van der Waals surface area contributed by atoms with Gasteiger partial charge in [0.2, 0.25) is 17.3 Å². The molecule has 1 aromatic heterocycles. The number of nitrogens with one attached hydrogen (secondary N) is 1. The number of nitrogens with zero attached hydrogens (tertiary/aromatic N) is 3. The highest BCUT2D eigenvalue weighted by molar-refractivity contribution is 9.10. The summed E-state index contributed by atoms with van der Waals surface area (Å²) in [6.07, 6.45) is 2.95. The number of fused-ring (bicyclic) bond motifs is 3. The van der Waals surface area contributed by atoms with Crippen LogP contribution in [0.1, 0.15) is 43.5 Å². The number of benzene rings is 3. The fraction of sp³-hybridized carbons (Fsp3) is 0.250. The van der Waals surface area contributed by atoms with Crippen LogP contribution >= 0.6 is 27.7 Å². The minimum absolute atomic E-state index is 0.456. The third-order valence-electron chi connectivity index (χ3n) is 5.80. The molecule has 0 saturated carbocycles. The first-order valence-electron chi connectivity index (χ1n) is 12.1. The predicted octanol–water partition coefficient (Wildman–Crippen LogP) is 7.67. The number of para-hydroxylation sites is 1. The van der Waals surface area contributed by atoms with E-state index >= 15 is 0 Å². The number of aromatic nitrogens is 3. The predicted molar refractivity (Wildman–Crippen MR) is 147 cm³/mol. The highest BCUT2D eigenvalue weighted by Crippen LogP contribution is 2.41. The van der Waals surface area contributed by atoms with Crippen molar-refractivity contribution in [1.82, 2.24) is 15.2 Å². The van der Waals surface area contributed by atoms with Crippen molar-refractivity contribution in [2.45, 2.75) is 44.2 Å². The molecule has 0 unspecified atom stereocenters. The van der Waals surface area contributed by atoms with Crippen molar-refractivity contribution >= 4 is 33.4 Å². The topological polar surface area (TPSA) is 69.2 Å². The van der Waals surface area contributed by atoms with Gasteiger partial charge in [-0.3, -0.25) is 0 Å². The van der Waals surface area contributed by atoms with Gasteiger partial charge in [-0.2, -0.15) is 4.98 Å². The Labute approximate surface area is 224 Å². The summed E-state index contributed by atoms with van der Waals surface area (Å²) in [5.74, 6) is 2.14. The fourth-order valence-electron chi connectivity index (χ4n) is 3.96. The maximum Gasteiger partial charge on any atom is 0.247 e. The highest BCUT2D eigenvalue weighted by atomic mass is 79.9. The van der Waals surface area contributed by atoms with Crippen LogP contribution in [0.3, 0.4) is 0 Å². The van der Waals surface area contributed by atoms with Gasteiger partial charge in [-0.05, 0) is 36.2 Å². The Morgan fingerprint density at radius 2 is 1.83 bits per heavy atom. The molecule has 0 fully saturated rings. The van der Waals surface area contributed by atoms with E-state index in [0.717, 1.165) is 44.8 Å². The maximum absolute atomic E-state index is 6.50. The van der Waals surface area contributed by atoms with E-state index in [2.05, 4.69) is 38.4 Å². The molecule has 3 aromatic carbocycles. The summed E-state index contributed by atoms with van der Waals surface area (Å²) in [6, 6.07) is 24.0. The van der Waals surface area contributed by atoms with Crippen LogP contribution in [0.4, 0.5) is 5.69 Å². The number of halogens is 1. The number of unbranched alkanes of at least 4 members (excludes halogenated alkanes) is 2. The van der Waals surface area contributed by atoms with Crippen molar-refractivity contribution < 1.29 is 9.47 Å². The zero-order valence-electron chi connectivity index (χ0n) is 20.0. The summed E-state index contributed by atoms with van der Waals surface area (Å²) >= 11 is 5.23. The molecule has 1 atom stereocenters. The first-order chi connectivity index (χ1) is 17.7. The molecule has 0 saturated heterocycles. The highest BCUT2D eigenvalue weighted by Gasteiger charge is 2.28. The number of hydrogen-bond acceptors (Lipinski definition) is 7. The summed E-state index contributed by atoms with van der Waals surface area (Å²) in [5.41, 5.74) is 4.38. The van der Waals surface area contributed by atoms with Gasteiger partial charge in [-0.1, -0.05) is 96.0 Å². The Bertz CT molecular complexity index is 1320. The van der Waals surface area contributed by atoms with Gasteiger partial charge >= 0.3 is 0 Å². The lowest BCUT2D eigenvalue weighted by Crippen LogP contribution is -2.18. The third-order valence-corrected chi connectivity index (χ3v) is 7.22. The second-order valence-corrected chi connectivity index (χ2v) is 10.4. The summed E-state index contributed by atoms with van der Waals surface area (Å²) in [7, 11) is 0. The number of ether oxygens (including phenoxy) is 2.